The maximum atomic E-state index is 11.1. The van der Waals surface area contributed by atoms with Crippen LogP contribution in [0.25, 0.3) is 0 Å². The second-order valence-electron chi connectivity index (χ2n) is 2.43. The lowest BCUT2D eigenvalue weighted by atomic mass is 10.2. The molecule has 1 aliphatic heterocycles. The summed E-state index contributed by atoms with van der Waals surface area (Å²) in [6.45, 7) is 0. The highest BCUT2D eigenvalue weighted by Gasteiger charge is 2.31. The van der Waals surface area contributed by atoms with Crippen molar-refractivity contribution >= 4 is 15.9 Å². The Bertz CT molecular complexity index is 449. The van der Waals surface area contributed by atoms with Gasteiger partial charge in [0.1, 0.15) is 4.90 Å². The van der Waals surface area contributed by atoms with Crippen LogP contribution < -0.4 is 4.72 Å². The Balaban J connectivity index is 2.83. The van der Waals surface area contributed by atoms with E-state index in [1.807, 2.05) is 4.72 Å². The van der Waals surface area contributed by atoms with E-state index in [1.165, 1.54) is 12.1 Å². The molecule has 0 aromatic heterocycles. The summed E-state index contributed by atoms with van der Waals surface area (Å²) in [6.07, 6.45) is 0. The molecule has 2 rings (SSSR count). The molecule has 1 aromatic rings. The molecule has 12 heavy (non-hydrogen) atoms. The molecule has 1 aromatic carbocycles. The Morgan fingerprint density at radius 1 is 1.17 bits per heavy atom. The Kier molecular flexibility index (Phi) is 1.26. The molecule has 0 bridgehead atoms. The summed E-state index contributed by atoms with van der Waals surface area (Å²) < 4.78 is 24.2. The van der Waals surface area contributed by atoms with Crippen molar-refractivity contribution in [1.29, 1.82) is 0 Å². The van der Waals surface area contributed by atoms with Crippen LogP contribution in [0, 0.1) is 0 Å². The number of benzene rings is 1. The van der Waals surface area contributed by atoms with Gasteiger partial charge in [-0.15, -0.1) is 0 Å². The lowest BCUT2D eigenvalue weighted by Gasteiger charge is -1.91. The largest absolute Gasteiger partial charge is 0.268 e. The SMILES string of the molecule is O=[12C]1NS(=O)(=O)c2ccccc21. The first-order chi connectivity index (χ1) is 5.61. The van der Waals surface area contributed by atoms with Gasteiger partial charge in [0.05, 0.1) is 5.56 Å². The fraction of sp³-hybridized carbons (Fsp3) is 0. The first-order valence-corrected chi connectivity index (χ1v) is 4.76. The molecule has 4 nitrogen and oxygen atoms in total. The second kappa shape index (κ2) is 2.07. The summed E-state index contributed by atoms with van der Waals surface area (Å²) in [4.78, 5) is 11.1. The van der Waals surface area contributed by atoms with Gasteiger partial charge in [0.2, 0.25) is 0 Å². The molecule has 1 aliphatic rings. The fourth-order valence-electron chi connectivity index (χ4n) is 1.12. The van der Waals surface area contributed by atoms with Crippen molar-refractivity contribution in [3.05, 3.63) is 29.8 Å². The predicted octanol–water partition coefficient (Wildman–Crippen LogP) is 0.119. The number of carbonyl (C=O) groups is 1. The number of rotatable bonds is 0. The number of carbonyl (C=O) groups excluding carboxylic acids is 1. The van der Waals surface area contributed by atoms with Crippen LogP contribution in [0.5, 0.6) is 0 Å². The van der Waals surface area contributed by atoms with Gasteiger partial charge in [-0.2, -0.15) is 0 Å². The third kappa shape index (κ3) is 0.831. The number of amides is 1. The Morgan fingerprint density at radius 3 is 2.50 bits per heavy atom. The monoisotopic (exact) mass is 183 g/mol. The molecular weight excluding hydrogens is 178 g/mol. The van der Waals surface area contributed by atoms with Crippen molar-refractivity contribution in [3.8, 4) is 0 Å². The second-order valence-corrected chi connectivity index (χ2v) is 4.08. The van der Waals surface area contributed by atoms with Crippen molar-refractivity contribution in [2.75, 3.05) is 0 Å². The fourth-order valence-corrected chi connectivity index (χ4v) is 2.29. The normalized spacial score (nSPS) is 18.5. The lowest BCUT2D eigenvalue weighted by molar-refractivity contribution is 0.0985. The van der Waals surface area contributed by atoms with Crippen LogP contribution >= 0.6 is 0 Å². The van der Waals surface area contributed by atoms with Crippen LogP contribution in [0.2, 0.25) is 0 Å². The zero-order valence-corrected chi connectivity index (χ0v) is 6.76. The number of hydrogen-bond acceptors (Lipinski definition) is 3. The van der Waals surface area contributed by atoms with E-state index in [9.17, 15) is 13.2 Å². The predicted molar refractivity (Wildman–Crippen MR) is 41.1 cm³/mol. The summed E-state index contributed by atoms with van der Waals surface area (Å²) in [5.74, 6) is -0.550. The molecule has 0 unspecified atom stereocenters. The summed E-state index contributed by atoms with van der Waals surface area (Å²) >= 11 is 0. The molecule has 1 amide bonds. The molecule has 0 aliphatic carbocycles. The molecule has 0 saturated heterocycles. The van der Waals surface area contributed by atoms with Gasteiger partial charge in [0.25, 0.3) is 15.9 Å². The van der Waals surface area contributed by atoms with E-state index in [0.29, 0.717) is 0 Å². The maximum absolute atomic E-state index is 11.1. The van der Waals surface area contributed by atoms with E-state index in [2.05, 4.69) is 0 Å². The zero-order chi connectivity index (χ0) is 8.77. The van der Waals surface area contributed by atoms with E-state index in [4.69, 9.17) is 0 Å². The van der Waals surface area contributed by atoms with Gasteiger partial charge in [-0.05, 0) is 12.1 Å². The summed E-state index contributed by atoms with van der Waals surface area (Å²) in [5, 5.41) is 0. The molecule has 0 radical (unpaired) electrons. The number of nitrogens with one attached hydrogen (secondary N) is 1. The average molecular weight is 183 g/mol. The smallest absolute Gasteiger partial charge is 0.266 e. The Morgan fingerprint density at radius 2 is 1.83 bits per heavy atom. The van der Waals surface area contributed by atoms with Crippen LogP contribution in [0.15, 0.2) is 29.2 Å². The van der Waals surface area contributed by atoms with Crippen molar-refractivity contribution in [2.45, 2.75) is 4.90 Å². The minimum Gasteiger partial charge on any atom is -0.268 e. The molecule has 0 atom stereocenters. The topological polar surface area (TPSA) is 63.2 Å². The minimum absolute atomic E-state index is 0.0648. The molecule has 0 fully saturated rings. The average Bonchev–Trinajstić information content (AvgIpc) is 2.25. The summed E-state index contributed by atoms with van der Waals surface area (Å²) in [7, 11) is -3.55. The maximum Gasteiger partial charge on any atom is 0.266 e. The van der Waals surface area contributed by atoms with E-state index in [-0.39, 0.29) is 10.5 Å². The van der Waals surface area contributed by atoms with E-state index in [1.54, 1.807) is 12.1 Å². The number of hydrogen-bond donors (Lipinski definition) is 1. The molecule has 1 heterocycles. The first kappa shape index (κ1) is 7.30. The molecule has 1 N–H and O–H groups in total. The zero-order valence-electron chi connectivity index (χ0n) is 5.94. The van der Waals surface area contributed by atoms with Gasteiger partial charge in [-0.25, -0.2) is 13.1 Å². The minimum atomic E-state index is -3.55. The third-order valence-corrected chi connectivity index (χ3v) is 3.04. The van der Waals surface area contributed by atoms with Crippen molar-refractivity contribution in [3.63, 3.8) is 0 Å². The standard InChI is InChI=1S/C7H5NO3S/c9-7-5-3-1-2-4-6(5)12(10,11)8-7/h1-4H,(H,8,9)/i7+0. The Hall–Kier alpha value is -1.36. The lowest BCUT2D eigenvalue weighted by Crippen LogP contribution is -2.20. The molecular formula is C7H5NO3S. The Labute approximate surface area is 69.3 Å². The first-order valence-electron chi connectivity index (χ1n) is 3.27. The van der Waals surface area contributed by atoms with Crippen molar-refractivity contribution in [1.82, 2.24) is 4.72 Å². The van der Waals surface area contributed by atoms with Crippen LogP contribution in [0.3, 0.4) is 0 Å². The van der Waals surface area contributed by atoms with Crippen LogP contribution in [0.4, 0.5) is 0 Å². The van der Waals surface area contributed by atoms with E-state index < -0.39 is 15.9 Å². The summed E-state index contributed by atoms with van der Waals surface area (Å²) in [6, 6.07) is 6.09. The summed E-state index contributed by atoms with van der Waals surface area (Å²) in [5.41, 5.74) is 0.220. The van der Waals surface area contributed by atoms with E-state index >= 15 is 0 Å². The van der Waals surface area contributed by atoms with Gasteiger partial charge in [-0.3, -0.25) is 4.79 Å². The molecule has 5 heteroatoms. The van der Waals surface area contributed by atoms with Gasteiger partial charge in [-0.1, -0.05) is 12.1 Å². The third-order valence-electron chi connectivity index (χ3n) is 1.65. The van der Waals surface area contributed by atoms with Gasteiger partial charge in [0, 0.05) is 0 Å². The highest BCUT2D eigenvalue weighted by Crippen LogP contribution is 2.20. The van der Waals surface area contributed by atoms with Crippen LogP contribution in [-0.2, 0) is 10.0 Å². The van der Waals surface area contributed by atoms with Gasteiger partial charge < -0.3 is 0 Å². The number of fused-ring (bicyclic) bond motifs is 1. The molecule has 0 saturated carbocycles. The van der Waals surface area contributed by atoms with E-state index in [0.717, 1.165) is 0 Å². The molecule has 62 valence electrons. The van der Waals surface area contributed by atoms with Crippen molar-refractivity contribution < 1.29 is 13.2 Å². The van der Waals surface area contributed by atoms with Crippen molar-refractivity contribution in [2.24, 2.45) is 0 Å². The quantitative estimate of drug-likeness (QED) is 0.621. The number of sulfonamides is 1. The van der Waals surface area contributed by atoms with Crippen LogP contribution in [-0.4, -0.2) is 14.3 Å². The van der Waals surface area contributed by atoms with Gasteiger partial charge in [0.15, 0.2) is 0 Å². The van der Waals surface area contributed by atoms with Crippen LogP contribution in [0.1, 0.15) is 10.4 Å². The van der Waals surface area contributed by atoms with Gasteiger partial charge >= 0.3 is 0 Å². The highest BCUT2D eigenvalue weighted by molar-refractivity contribution is 7.90. The molecule has 0 spiro atoms. The highest BCUT2D eigenvalue weighted by atomic mass is 32.2.